The van der Waals surface area contributed by atoms with Crippen LogP contribution < -0.4 is 5.32 Å². The molecule has 0 aromatic carbocycles. The van der Waals surface area contributed by atoms with E-state index in [1.807, 2.05) is 6.20 Å². The van der Waals surface area contributed by atoms with Crippen LogP contribution in [0.15, 0.2) is 23.1 Å². The highest BCUT2D eigenvalue weighted by molar-refractivity contribution is 5.94. The molecule has 0 saturated heterocycles. The van der Waals surface area contributed by atoms with Gasteiger partial charge >= 0.3 is 0 Å². The van der Waals surface area contributed by atoms with Gasteiger partial charge in [0.1, 0.15) is 12.1 Å². The smallest absolute Gasteiger partial charge is 0.242 e. The van der Waals surface area contributed by atoms with Gasteiger partial charge < -0.3 is 9.84 Å². The van der Waals surface area contributed by atoms with Crippen molar-refractivity contribution < 1.29 is 9.32 Å². The number of amides is 1. The Labute approximate surface area is 141 Å². The lowest BCUT2D eigenvalue weighted by Crippen LogP contribution is -2.46. The number of carbonyl (C=O) groups excluding carboxylic acids is 1. The highest BCUT2D eigenvalue weighted by atomic mass is 16.5. The zero-order valence-corrected chi connectivity index (χ0v) is 14.2. The van der Waals surface area contributed by atoms with E-state index in [9.17, 15) is 4.79 Å². The van der Waals surface area contributed by atoms with Gasteiger partial charge in [0.15, 0.2) is 5.82 Å². The van der Waals surface area contributed by atoms with Crippen molar-refractivity contribution in [2.75, 3.05) is 11.9 Å². The van der Waals surface area contributed by atoms with Crippen LogP contribution in [0.1, 0.15) is 43.2 Å². The molecule has 0 fully saturated rings. The molecule has 1 N–H and O–H groups in total. The number of aryl methyl sites for hydroxylation is 1. The molecular formula is C17H23N5O2. The van der Waals surface area contributed by atoms with Gasteiger partial charge in [-0.3, -0.25) is 9.69 Å². The van der Waals surface area contributed by atoms with E-state index < -0.39 is 0 Å². The van der Waals surface area contributed by atoms with E-state index >= 15 is 0 Å². The van der Waals surface area contributed by atoms with E-state index in [1.165, 1.54) is 5.56 Å². The van der Waals surface area contributed by atoms with Gasteiger partial charge in [-0.05, 0) is 25.3 Å². The van der Waals surface area contributed by atoms with Crippen molar-refractivity contribution in [3.8, 4) is 0 Å². The highest BCUT2D eigenvalue weighted by Gasteiger charge is 2.29. The molecule has 0 unspecified atom stereocenters. The zero-order chi connectivity index (χ0) is 16.9. The van der Waals surface area contributed by atoms with Crippen molar-refractivity contribution >= 4 is 11.7 Å². The maximum Gasteiger partial charge on any atom is 0.242 e. The number of hydrogen-bond acceptors (Lipinski definition) is 6. The van der Waals surface area contributed by atoms with Crippen LogP contribution in [-0.4, -0.2) is 38.5 Å². The topological polar surface area (TPSA) is 84.2 Å². The van der Waals surface area contributed by atoms with E-state index in [0.717, 1.165) is 37.9 Å². The molecule has 0 radical (unpaired) electrons. The number of nitrogens with one attached hydrogen (secondary N) is 1. The monoisotopic (exact) mass is 329 g/mol. The molecule has 0 bridgehead atoms. The molecule has 7 nitrogen and oxygen atoms in total. The Balaban J connectivity index is 1.72. The maximum absolute atomic E-state index is 12.8. The molecule has 3 heterocycles. The Morgan fingerprint density at radius 2 is 2.38 bits per heavy atom. The van der Waals surface area contributed by atoms with Crippen LogP contribution in [0, 0.1) is 6.92 Å². The third-order valence-electron chi connectivity index (χ3n) is 4.36. The minimum absolute atomic E-state index is 0.0331. The fourth-order valence-electron chi connectivity index (χ4n) is 3.05. The Kier molecular flexibility index (Phi) is 5.20. The molecule has 128 valence electrons. The molecule has 1 atom stereocenters. The first kappa shape index (κ1) is 16.6. The van der Waals surface area contributed by atoms with Crippen LogP contribution in [0.5, 0.6) is 0 Å². The standard InChI is InChI=1S/C17H23N5O2/c1-3-4-5-15(17(23)20-16-8-12(2)24-21-16)22-7-6-13-9-18-11-19-14(13)10-22/h8-9,11,15H,3-7,10H2,1-2H3,(H,20,21,23)/t15-/m1/s1. The van der Waals surface area contributed by atoms with Crippen LogP contribution in [0.25, 0.3) is 0 Å². The zero-order valence-electron chi connectivity index (χ0n) is 14.2. The predicted octanol–water partition coefficient (Wildman–Crippen LogP) is 2.33. The molecule has 1 aliphatic heterocycles. The molecular weight excluding hydrogens is 306 g/mol. The molecule has 2 aromatic heterocycles. The second-order valence-corrected chi connectivity index (χ2v) is 6.19. The first-order chi connectivity index (χ1) is 11.7. The van der Waals surface area contributed by atoms with Crippen LogP contribution in [0.2, 0.25) is 0 Å². The van der Waals surface area contributed by atoms with Gasteiger partial charge in [0.25, 0.3) is 0 Å². The van der Waals surface area contributed by atoms with Crippen LogP contribution in [-0.2, 0) is 17.8 Å². The number of carbonyl (C=O) groups is 1. The minimum Gasteiger partial charge on any atom is -0.360 e. The van der Waals surface area contributed by atoms with Gasteiger partial charge in [0.05, 0.1) is 11.7 Å². The van der Waals surface area contributed by atoms with Crippen LogP contribution >= 0.6 is 0 Å². The average Bonchev–Trinajstić information content (AvgIpc) is 3.00. The largest absolute Gasteiger partial charge is 0.360 e. The van der Waals surface area contributed by atoms with E-state index in [-0.39, 0.29) is 11.9 Å². The summed E-state index contributed by atoms with van der Waals surface area (Å²) < 4.78 is 5.02. The van der Waals surface area contributed by atoms with Gasteiger partial charge in [-0.15, -0.1) is 0 Å². The molecule has 1 amide bonds. The summed E-state index contributed by atoms with van der Waals surface area (Å²) in [5, 5.41) is 6.73. The Morgan fingerprint density at radius 1 is 1.50 bits per heavy atom. The minimum atomic E-state index is -0.190. The Morgan fingerprint density at radius 3 is 3.12 bits per heavy atom. The van der Waals surface area contributed by atoms with Gasteiger partial charge in [0.2, 0.25) is 5.91 Å². The molecule has 1 aliphatic rings. The SMILES string of the molecule is CCCC[C@H](C(=O)Nc1cc(C)on1)N1CCc2cncnc2C1. The number of aromatic nitrogens is 3. The van der Waals surface area contributed by atoms with Crippen molar-refractivity contribution in [3.05, 3.63) is 35.6 Å². The summed E-state index contributed by atoms with van der Waals surface area (Å²) in [6, 6.07) is 1.54. The predicted molar refractivity (Wildman–Crippen MR) is 89.3 cm³/mol. The molecule has 24 heavy (non-hydrogen) atoms. The van der Waals surface area contributed by atoms with Crippen LogP contribution in [0.4, 0.5) is 5.82 Å². The van der Waals surface area contributed by atoms with E-state index in [2.05, 4.69) is 32.3 Å². The Bertz CT molecular complexity index is 700. The lowest BCUT2D eigenvalue weighted by molar-refractivity contribution is -0.122. The number of hydrogen-bond donors (Lipinski definition) is 1. The summed E-state index contributed by atoms with van der Waals surface area (Å²) in [5.74, 6) is 1.12. The maximum atomic E-state index is 12.8. The normalized spacial score (nSPS) is 15.8. The summed E-state index contributed by atoms with van der Waals surface area (Å²) in [6.07, 6.45) is 7.19. The third kappa shape index (κ3) is 3.79. The number of anilines is 1. The highest BCUT2D eigenvalue weighted by Crippen LogP contribution is 2.21. The Hall–Kier alpha value is -2.28. The van der Waals surface area contributed by atoms with Crippen LogP contribution in [0.3, 0.4) is 0 Å². The van der Waals surface area contributed by atoms with Crippen molar-refractivity contribution in [2.45, 2.75) is 52.1 Å². The van der Waals surface area contributed by atoms with Gasteiger partial charge in [-0.2, -0.15) is 0 Å². The van der Waals surface area contributed by atoms with Crippen molar-refractivity contribution in [1.82, 2.24) is 20.0 Å². The molecule has 0 spiro atoms. The van der Waals surface area contributed by atoms with Gasteiger partial charge in [0, 0.05) is 25.4 Å². The third-order valence-corrected chi connectivity index (χ3v) is 4.36. The summed E-state index contributed by atoms with van der Waals surface area (Å²) in [6.45, 7) is 5.45. The number of nitrogens with zero attached hydrogens (tertiary/aromatic N) is 4. The van der Waals surface area contributed by atoms with Crippen molar-refractivity contribution in [3.63, 3.8) is 0 Å². The second kappa shape index (κ2) is 7.53. The van der Waals surface area contributed by atoms with E-state index in [1.54, 1.807) is 19.3 Å². The van der Waals surface area contributed by atoms with Gasteiger partial charge in [-0.1, -0.05) is 24.9 Å². The fraction of sp³-hybridized carbons (Fsp3) is 0.529. The van der Waals surface area contributed by atoms with E-state index in [0.29, 0.717) is 18.1 Å². The fourth-order valence-corrected chi connectivity index (χ4v) is 3.05. The lowest BCUT2D eigenvalue weighted by Gasteiger charge is -2.33. The molecule has 3 rings (SSSR count). The lowest BCUT2D eigenvalue weighted by atomic mass is 10.0. The number of fused-ring (bicyclic) bond motifs is 1. The number of rotatable bonds is 6. The first-order valence-electron chi connectivity index (χ1n) is 8.43. The quantitative estimate of drug-likeness (QED) is 0.875. The van der Waals surface area contributed by atoms with E-state index in [4.69, 9.17) is 4.52 Å². The van der Waals surface area contributed by atoms with Crippen molar-refractivity contribution in [2.24, 2.45) is 0 Å². The molecule has 0 saturated carbocycles. The second-order valence-electron chi connectivity index (χ2n) is 6.19. The summed E-state index contributed by atoms with van der Waals surface area (Å²) in [7, 11) is 0. The van der Waals surface area contributed by atoms with Gasteiger partial charge in [-0.25, -0.2) is 9.97 Å². The molecule has 2 aromatic rings. The number of unbranched alkanes of at least 4 members (excludes halogenated alkanes) is 1. The average molecular weight is 329 g/mol. The molecule has 7 heteroatoms. The summed E-state index contributed by atoms with van der Waals surface area (Å²) in [4.78, 5) is 23.4. The molecule has 0 aliphatic carbocycles. The van der Waals surface area contributed by atoms with Crippen molar-refractivity contribution in [1.29, 1.82) is 0 Å². The first-order valence-corrected chi connectivity index (χ1v) is 8.43. The summed E-state index contributed by atoms with van der Waals surface area (Å²) in [5.41, 5.74) is 2.19. The summed E-state index contributed by atoms with van der Waals surface area (Å²) >= 11 is 0.